The Kier molecular flexibility index (Phi) is 6.08. The van der Waals surface area contributed by atoms with Crippen LogP contribution >= 0.6 is 15.9 Å². The summed E-state index contributed by atoms with van der Waals surface area (Å²) in [6, 6.07) is 7.59. The second-order valence-corrected chi connectivity index (χ2v) is 7.24. The van der Waals surface area contributed by atoms with E-state index in [-0.39, 0.29) is 6.04 Å². The Hall–Kier alpha value is -0.580. The first kappa shape index (κ1) is 16.8. The summed E-state index contributed by atoms with van der Waals surface area (Å²) in [7, 11) is 4.37. The minimum Gasteiger partial charge on any atom is -0.371 e. The van der Waals surface area contributed by atoms with Gasteiger partial charge < -0.3 is 15.5 Å². The lowest BCUT2D eigenvalue weighted by atomic mass is 9.99. The van der Waals surface area contributed by atoms with E-state index in [4.69, 9.17) is 5.73 Å². The molecule has 2 rings (SSSR count). The van der Waals surface area contributed by atoms with E-state index in [1.54, 1.807) is 0 Å². The molecule has 0 radical (unpaired) electrons. The largest absolute Gasteiger partial charge is 0.371 e. The molecule has 1 aromatic carbocycles. The van der Waals surface area contributed by atoms with E-state index in [9.17, 15) is 0 Å². The zero-order valence-electron chi connectivity index (χ0n) is 13.5. The van der Waals surface area contributed by atoms with Crippen molar-refractivity contribution in [3.8, 4) is 0 Å². The number of benzene rings is 1. The molecule has 21 heavy (non-hydrogen) atoms. The molecule has 3 nitrogen and oxygen atoms in total. The highest BCUT2D eigenvalue weighted by Crippen LogP contribution is 2.29. The minimum absolute atomic E-state index is 0.254. The molecule has 1 unspecified atom stereocenters. The lowest BCUT2D eigenvalue weighted by Gasteiger charge is -2.37. The van der Waals surface area contributed by atoms with Crippen LogP contribution in [-0.4, -0.2) is 44.2 Å². The molecule has 0 saturated carbocycles. The number of nitrogens with two attached hydrogens (primary N) is 1. The second-order valence-electron chi connectivity index (χ2n) is 6.33. The van der Waals surface area contributed by atoms with Gasteiger partial charge in [0.15, 0.2) is 0 Å². The van der Waals surface area contributed by atoms with E-state index in [0.717, 1.165) is 36.4 Å². The zero-order valence-corrected chi connectivity index (χ0v) is 15.1. The predicted molar refractivity (Wildman–Crippen MR) is 95.0 cm³/mol. The summed E-state index contributed by atoms with van der Waals surface area (Å²) < 4.78 is 1.15. The van der Waals surface area contributed by atoms with Crippen molar-refractivity contribution < 1.29 is 0 Å². The van der Waals surface area contributed by atoms with Crippen LogP contribution in [0.25, 0.3) is 0 Å². The van der Waals surface area contributed by atoms with Gasteiger partial charge in [-0.1, -0.05) is 28.9 Å². The standard InChI is InChI=1S/C17H28BrN3/c1-4-15(19)11-13-5-6-14(18)12-17(13)21-9-7-16(8-10-21)20(2)3/h5-6,12,15-16H,4,7-11,19H2,1-3H3. The van der Waals surface area contributed by atoms with Gasteiger partial charge in [0.2, 0.25) is 0 Å². The molecule has 1 saturated heterocycles. The Morgan fingerprint density at radius 2 is 2.00 bits per heavy atom. The molecular formula is C17H28BrN3. The highest BCUT2D eigenvalue weighted by Gasteiger charge is 2.22. The first-order chi connectivity index (χ1) is 10.0. The average molecular weight is 354 g/mol. The Balaban J connectivity index is 2.13. The van der Waals surface area contributed by atoms with Crippen molar-refractivity contribution in [1.82, 2.24) is 4.90 Å². The molecule has 1 heterocycles. The summed E-state index contributed by atoms with van der Waals surface area (Å²) in [5.41, 5.74) is 8.92. The monoisotopic (exact) mass is 353 g/mol. The third kappa shape index (κ3) is 4.44. The van der Waals surface area contributed by atoms with Crippen molar-refractivity contribution >= 4 is 21.6 Å². The number of rotatable bonds is 5. The van der Waals surface area contributed by atoms with Crippen LogP contribution in [-0.2, 0) is 6.42 Å². The first-order valence-electron chi connectivity index (χ1n) is 7.96. The van der Waals surface area contributed by atoms with Crippen LogP contribution < -0.4 is 10.6 Å². The highest BCUT2D eigenvalue weighted by atomic mass is 79.9. The van der Waals surface area contributed by atoms with Crippen LogP contribution in [0.3, 0.4) is 0 Å². The smallest absolute Gasteiger partial charge is 0.0410 e. The van der Waals surface area contributed by atoms with Crippen molar-refractivity contribution in [2.45, 2.75) is 44.7 Å². The SMILES string of the molecule is CCC(N)Cc1ccc(Br)cc1N1CCC(N(C)C)CC1. The van der Waals surface area contributed by atoms with E-state index in [2.05, 4.69) is 64.9 Å². The van der Waals surface area contributed by atoms with Gasteiger partial charge in [0.05, 0.1) is 0 Å². The molecule has 1 fully saturated rings. The molecule has 4 heteroatoms. The van der Waals surface area contributed by atoms with Crippen molar-refractivity contribution in [3.63, 3.8) is 0 Å². The van der Waals surface area contributed by atoms with Gasteiger partial charge in [0.1, 0.15) is 0 Å². The van der Waals surface area contributed by atoms with Crippen LogP contribution in [0.15, 0.2) is 22.7 Å². The topological polar surface area (TPSA) is 32.5 Å². The van der Waals surface area contributed by atoms with Crippen molar-refractivity contribution in [2.75, 3.05) is 32.1 Å². The number of hydrogen-bond acceptors (Lipinski definition) is 3. The Bertz CT molecular complexity index is 453. The fourth-order valence-electron chi connectivity index (χ4n) is 3.05. The average Bonchev–Trinajstić information content (AvgIpc) is 2.49. The van der Waals surface area contributed by atoms with E-state index < -0.39 is 0 Å². The molecule has 0 bridgehead atoms. The maximum atomic E-state index is 6.17. The van der Waals surface area contributed by atoms with Gasteiger partial charge in [0, 0.05) is 35.3 Å². The Morgan fingerprint density at radius 3 is 2.57 bits per heavy atom. The van der Waals surface area contributed by atoms with E-state index in [1.165, 1.54) is 24.1 Å². The number of piperidine rings is 1. The first-order valence-corrected chi connectivity index (χ1v) is 8.76. The molecule has 118 valence electrons. The van der Waals surface area contributed by atoms with Crippen molar-refractivity contribution in [3.05, 3.63) is 28.2 Å². The zero-order chi connectivity index (χ0) is 15.4. The summed E-state index contributed by atoms with van der Waals surface area (Å²) >= 11 is 3.62. The van der Waals surface area contributed by atoms with Gasteiger partial charge in [-0.2, -0.15) is 0 Å². The molecule has 2 N–H and O–H groups in total. The molecule has 0 aromatic heterocycles. The van der Waals surface area contributed by atoms with Gasteiger partial charge in [-0.3, -0.25) is 0 Å². The molecular weight excluding hydrogens is 326 g/mol. The predicted octanol–water partition coefficient (Wildman–Crippen LogP) is 3.26. The van der Waals surface area contributed by atoms with E-state index in [1.807, 2.05) is 0 Å². The third-order valence-electron chi connectivity index (χ3n) is 4.59. The second kappa shape index (κ2) is 7.61. The normalized spacial score (nSPS) is 18.3. The van der Waals surface area contributed by atoms with Gasteiger partial charge in [-0.25, -0.2) is 0 Å². The highest BCUT2D eigenvalue weighted by molar-refractivity contribution is 9.10. The van der Waals surface area contributed by atoms with Gasteiger partial charge >= 0.3 is 0 Å². The lowest BCUT2D eigenvalue weighted by molar-refractivity contribution is 0.249. The fourth-order valence-corrected chi connectivity index (χ4v) is 3.40. The molecule has 1 aliphatic heterocycles. The molecule has 0 amide bonds. The van der Waals surface area contributed by atoms with Crippen LogP contribution in [0.1, 0.15) is 31.7 Å². The summed E-state index contributed by atoms with van der Waals surface area (Å²) in [6.45, 7) is 4.42. The number of anilines is 1. The fraction of sp³-hybridized carbons (Fsp3) is 0.647. The molecule has 0 spiro atoms. The Labute approximate surface area is 137 Å². The molecule has 0 aliphatic carbocycles. The molecule has 1 aliphatic rings. The maximum Gasteiger partial charge on any atom is 0.0410 e. The maximum absolute atomic E-state index is 6.17. The van der Waals surface area contributed by atoms with Crippen molar-refractivity contribution in [1.29, 1.82) is 0 Å². The number of halogens is 1. The van der Waals surface area contributed by atoms with Crippen LogP contribution in [0.2, 0.25) is 0 Å². The lowest BCUT2D eigenvalue weighted by Crippen LogP contribution is -2.42. The Morgan fingerprint density at radius 1 is 1.33 bits per heavy atom. The van der Waals surface area contributed by atoms with E-state index >= 15 is 0 Å². The summed E-state index contributed by atoms with van der Waals surface area (Å²) in [5.74, 6) is 0. The van der Waals surface area contributed by atoms with Gasteiger partial charge in [0.25, 0.3) is 0 Å². The van der Waals surface area contributed by atoms with Crippen molar-refractivity contribution in [2.24, 2.45) is 5.73 Å². The van der Waals surface area contributed by atoms with Gasteiger partial charge in [-0.15, -0.1) is 0 Å². The van der Waals surface area contributed by atoms with Gasteiger partial charge in [-0.05, 0) is 57.5 Å². The summed E-state index contributed by atoms with van der Waals surface area (Å²) in [5, 5.41) is 0. The third-order valence-corrected chi connectivity index (χ3v) is 5.08. The minimum atomic E-state index is 0.254. The quantitative estimate of drug-likeness (QED) is 0.881. The number of nitrogens with zero attached hydrogens (tertiary/aromatic N) is 2. The summed E-state index contributed by atoms with van der Waals surface area (Å²) in [6.07, 6.45) is 4.46. The summed E-state index contributed by atoms with van der Waals surface area (Å²) in [4.78, 5) is 4.88. The molecule has 1 aromatic rings. The molecule has 1 atom stereocenters. The van der Waals surface area contributed by atoms with E-state index in [0.29, 0.717) is 0 Å². The van der Waals surface area contributed by atoms with Crippen LogP contribution in [0.5, 0.6) is 0 Å². The van der Waals surface area contributed by atoms with Crippen LogP contribution in [0.4, 0.5) is 5.69 Å². The number of hydrogen-bond donors (Lipinski definition) is 1. The van der Waals surface area contributed by atoms with Crippen LogP contribution in [0, 0.1) is 0 Å².